The molecule has 0 aliphatic carbocycles. The second-order valence-corrected chi connectivity index (χ2v) is 21.1. The van der Waals surface area contributed by atoms with Crippen molar-refractivity contribution >= 4 is 5.91 Å². The van der Waals surface area contributed by atoms with Crippen molar-refractivity contribution in [1.82, 2.24) is 5.32 Å². The van der Waals surface area contributed by atoms with Gasteiger partial charge in [-0.25, -0.2) is 0 Å². The van der Waals surface area contributed by atoms with Crippen LogP contribution in [0.5, 0.6) is 0 Å². The maximum absolute atomic E-state index is 13.2. The van der Waals surface area contributed by atoms with Gasteiger partial charge in [0.2, 0.25) is 5.91 Å². The Morgan fingerprint density at radius 1 is 0.493 bits per heavy atom. The van der Waals surface area contributed by atoms with Gasteiger partial charge in [0.05, 0.1) is 25.4 Å². The topological polar surface area (TPSA) is 189 Å². The maximum atomic E-state index is 13.2. The number of aliphatic hydroxyl groups excluding tert-OH is 7. The summed E-state index contributed by atoms with van der Waals surface area (Å²) < 4.78 is 11.1. The van der Waals surface area contributed by atoms with Crippen molar-refractivity contribution in [2.24, 2.45) is 0 Å². The molecule has 11 nitrogen and oxygen atoms in total. The van der Waals surface area contributed by atoms with E-state index in [0.29, 0.717) is 12.8 Å². The number of unbranched alkanes of at least 4 members (excludes halogenated alkanes) is 33. The Kier molecular flexibility index (Phi) is 46.7. The fraction of sp³-hybridized carbons (Fsp3) is 0.883. The third-order valence-corrected chi connectivity index (χ3v) is 14.4. The summed E-state index contributed by atoms with van der Waals surface area (Å²) in [6.45, 7) is 3.45. The van der Waals surface area contributed by atoms with Crippen molar-refractivity contribution in [3.8, 4) is 0 Å². The number of amides is 1. The number of nitrogens with one attached hydrogen (secondary N) is 1. The molecule has 1 fully saturated rings. The van der Waals surface area contributed by atoms with Crippen LogP contribution in [0.15, 0.2) is 36.5 Å². The van der Waals surface area contributed by atoms with E-state index in [4.69, 9.17) is 9.47 Å². The van der Waals surface area contributed by atoms with Crippen LogP contribution in [0.2, 0.25) is 0 Å². The second kappa shape index (κ2) is 49.2. The van der Waals surface area contributed by atoms with Crippen molar-refractivity contribution in [1.29, 1.82) is 0 Å². The lowest BCUT2D eigenvalue weighted by Gasteiger charge is -2.40. The number of allylic oxidation sites excluding steroid dienone is 6. The smallest absolute Gasteiger partial charge is 0.249 e. The summed E-state index contributed by atoms with van der Waals surface area (Å²) in [6.07, 6.45) is 49.3. The SMILES string of the molecule is CCCCCCCCCCC/C=C\C/C=C\CCCCCCCCCCCCCCCCC(O)C(=O)NC(COC1OC(CO)C(O)C(O)C1O)C(O)C(O)CCC/C=C/CCCCCCCCCCC. The van der Waals surface area contributed by atoms with Crippen LogP contribution in [0.4, 0.5) is 0 Å². The molecule has 9 unspecified atom stereocenters. The van der Waals surface area contributed by atoms with Crippen LogP contribution in [0.25, 0.3) is 0 Å². The van der Waals surface area contributed by atoms with E-state index in [-0.39, 0.29) is 12.8 Å². The number of ether oxygens (including phenoxy) is 2. The summed E-state index contributed by atoms with van der Waals surface area (Å²) in [5, 5.41) is 76.0. The van der Waals surface area contributed by atoms with E-state index in [0.717, 1.165) is 44.9 Å². The molecule has 0 aromatic heterocycles. The molecule has 418 valence electrons. The molecular weight excluding hydrogens is 895 g/mol. The minimum Gasteiger partial charge on any atom is -0.394 e. The Labute approximate surface area is 435 Å². The summed E-state index contributed by atoms with van der Waals surface area (Å²) >= 11 is 0. The minimum absolute atomic E-state index is 0.254. The zero-order chi connectivity index (χ0) is 51.8. The van der Waals surface area contributed by atoms with E-state index < -0.39 is 74.2 Å². The molecule has 1 aliphatic heterocycles. The maximum Gasteiger partial charge on any atom is 0.249 e. The van der Waals surface area contributed by atoms with Crippen LogP contribution < -0.4 is 5.32 Å². The first-order valence-corrected chi connectivity index (χ1v) is 29.9. The molecule has 71 heavy (non-hydrogen) atoms. The van der Waals surface area contributed by atoms with Crippen LogP contribution >= 0.6 is 0 Å². The largest absolute Gasteiger partial charge is 0.394 e. The van der Waals surface area contributed by atoms with E-state index in [1.165, 1.54) is 186 Å². The van der Waals surface area contributed by atoms with Crippen LogP contribution in [0.1, 0.15) is 271 Å². The zero-order valence-electron chi connectivity index (χ0n) is 45.7. The van der Waals surface area contributed by atoms with Crippen molar-refractivity contribution in [2.45, 2.75) is 326 Å². The Bertz CT molecular complexity index is 1250. The summed E-state index contributed by atoms with van der Waals surface area (Å²) in [7, 11) is 0. The first-order valence-electron chi connectivity index (χ1n) is 29.9. The van der Waals surface area contributed by atoms with Gasteiger partial charge < -0.3 is 50.5 Å². The third kappa shape index (κ3) is 37.7. The summed E-state index contributed by atoms with van der Waals surface area (Å²) in [5.41, 5.74) is 0. The predicted molar refractivity (Wildman–Crippen MR) is 293 cm³/mol. The van der Waals surface area contributed by atoms with Gasteiger partial charge >= 0.3 is 0 Å². The lowest BCUT2D eigenvalue weighted by atomic mass is 9.98. The fourth-order valence-corrected chi connectivity index (χ4v) is 9.53. The molecule has 1 amide bonds. The highest BCUT2D eigenvalue weighted by Crippen LogP contribution is 2.23. The van der Waals surface area contributed by atoms with Gasteiger partial charge in [0.15, 0.2) is 6.29 Å². The number of hydrogen-bond acceptors (Lipinski definition) is 10. The molecule has 1 aliphatic rings. The molecule has 0 spiro atoms. The predicted octanol–water partition coefficient (Wildman–Crippen LogP) is 12.7. The van der Waals surface area contributed by atoms with Gasteiger partial charge in [-0.05, 0) is 70.6 Å². The van der Waals surface area contributed by atoms with Gasteiger partial charge in [-0.3, -0.25) is 4.79 Å². The quantitative estimate of drug-likeness (QED) is 0.0215. The van der Waals surface area contributed by atoms with Gasteiger partial charge in [-0.2, -0.15) is 0 Å². The van der Waals surface area contributed by atoms with Gasteiger partial charge in [0.1, 0.15) is 36.6 Å². The monoisotopic (exact) mass is 1010 g/mol. The Morgan fingerprint density at radius 2 is 0.873 bits per heavy atom. The second-order valence-electron chi connectivity index (χ2n) is 21.1. The molecule has 0 aromatic carbocycles. The first kappa shape index (κ1) is 67.3. The number of hydrogen-bond donors (Lipinski definition) is 8. The van der Waals surface area contributed by atoms with Crippen molar-refractivity contribution in [2.75, 3.05) is 13.2 Å². The third-order valence-electron chi connectivity index (χ3n) is 14.4. The lowest BCUT2D eigenvalue weighted by molar-refractivity contribution is -0.303. The van der Waals surface area contributed by atoms with Crippen LogP contribution in [-0.4, -0.2) is 110 Å². The standard InChI is InChI=1S/C60H113NO10/c1-3-5-7-9-11-13-15-17-19-20-21-22-23-24-25-26-27-28-29-30-31-32-33-34-36-38-40-42-44-46-48-53(64)59(69)61-51(50-70-60-58(68)57(67)56(66)54(49-62)71-60)55(65)52(63)47-45-43-41-39-37-35-18-16-14-12-10-8-6-4-2/h21-22,24-25,39,41,51-58,60,62-68H,3-20,23,26-38,40,42-50H2,1-2H3,(H,61,69)/b22-21-,25-24-,41-39+. The lowest BCUT2D eigenvalue weighted by Crippen LogP contribution is -2.60. The molecule has 1 rings (SSSR count). The van der Waals surface area contributed by atoms with Crippen LogP contribution in [0.3, 0.4) is 0 Å². The van der Waals surface area contributed by atoms with E-state index in [1.807, 2.05) is 0 Å². The van der Waals surface area contributed by atoms with Gasteiger partial charge in [-0.1, -0.05) is 237 Å². The van der Waals surface area contributed by atoms with E-state index in [1.54, 1.807) is 0 Å². The van der Waals surface area contributed by atoms with E-state index >= 15 is 0 Å². The molecule has 9 atom stereocenters. The molecule has 1 heterocycles. The molecule has 0 radical (unpaired) electrons. The number of carbonyl (C=O) groups excluding carboxylic acids is 1. The molecule has 0 bridgehead atoms. The van der Waals surface area contributed by atoms with Crippen LogP contribution in [0, 0.1) is 0 Å². The van der Waals surface area contributed by atoms with Gasteiger partial charge in [0.25, 0.3) is 0 Å². The van der Waals surface area contributed by atoms with Gasteiger partial charge in [0, 0.05) is 0 Å². The first-order chi connectivity index (χ1) is 34.7. The van der Waals surface area contributed by atoms with Crippen molar-refractivity contribution in [3.05, 3.63) is 36.5 Å². The van der Waals surface area contributed by atoms with Gasteiger partial charge in [-0.15, -0.1) is 0 Å². The molecular formula is C60H113NO10. The average molecular weight is 1010 g/mol. The zero-order valence-corrected chi connectivity index (χ0v) is 45.7. The summed E-state index contributed by atoms with van der Waals surface area (Å²) in [5.74, 6) is -0.705. The molecule has 0 aromatic rings. The summed E-state index contributed by atoms with van der Waals surface area (Å²) in [4.78, 5) is 13.2. The highest BCUT2D eigenvalue weighted by atomic mass is 16.7. The highest BCUT2D eigenvalue weighted by molar-refractivity contribution is 5.80. The van der Waals surface area contributed by atoms with Crippen molar-refractivity contribution < 1.29 is 50.0 Å². The number of aliphatic hydroxyl groups is 7. The number of rotatable bonds is 51. The van der Waals surface area contributed by atoms with E-state index in [9.17, 15) is 40.5 Å². The Balaban J connectivity index is 2.24. The average Bonchev–Trinajstić information content (AvgIpc) is 3.37. The van der Waals surface area contributed by atoms with Crippen molar-refractivity contribution in [3.63, 3.8) is 0 Å². The summed E-state index contributed by atoms with van der Waals surface area (Å²) in [6, 6.07) is -1.18. The minimum atomic E-state index is -1.67. The molecule has 8 N–H and O–H groups in total. The number of carbonyl (C=O) groups is 1. The highest BCUT2D eigenvalue weighted by Gasteiger charge is 2.44. The Hall–Kier alpha value is -1.67. The van der Waals surface area contributed by atoms with Crippen LogP contribution in [-0.2, 0) is 14.3 Å². The normalized spacial score (nSPS) is 20.4. The molecule has 11 heteroatoms. The molecule has 1 saturated heterocycles. The fourth-order valence-electron chi connectivity index (χ4n) is 9.53. The molecule has 0 saturated carbocycles. The van der Waals surface area contributed by atoms with E-state index in [2.05, 4.69) is 55.6 Å². The Morgan fingerprint density at radius 3 is 1.30 bits per heavy atom.